The molecule has 0 radical (unpaired) electrons. The number of rotatable bonds is 2. The minimum atomic E-state index is -0.113. The maximum absolute atomic E-state index is 11.8. The van der Waals surface area contributed by atoms with Gasteiger partial charge in [0.1, 0.15) is 0 Å². The summed E-state index contributed by atoms with van der Waals surface area (Å²) in [5.74, 6) is 0.335. The topological polar surface area (TPSA) is 52.9 Å². The van der Waals surface area contributed by atoms with Gasteiger partial charge in [0.2, 0.25) is 0 Å². The summed E-state index contributed by atoms with van der Waals surface area (Å²) in [6, 6.07) is 0. The number of nitrogens with zero attached hydrogens (tertiary/aromatic N) is 2. The maximum atomic E-state index is 11.8. The quantitative estimate of drug-likeness (QED) is 0.716. The van der Waals surface area contributed by atoms with E-state index in [9.17, 15) is 4.79 Å². The first-order valence-electron chi connectivity index (χ1n) is 5.36. The number of allylic oxidation sites excluding steroid dienone is 1. The van der Waals surface area contributed by atoms with Gasteiger partial charge in [0, 0.05) is 31.8 Å². The molecule has 1 saturated heterocycles. The second-order valence-corrected chi connectivity index (χ2v) is 4.25. The first-order chi connectivity index (χ1) is 7.22. The van der Waals surface area contributed by atoms with Crippen molar-refractivity contribution in [1.82, 2.24) is 4.90 Å². The lowest BCUT2D eigenvalue weighted by molar-refractivity contribution is -0.118. The van der Waals surface area contributed by atoms with Crippen molar-refractivity contribution in [2.75, 3.05) is 19.7 Å². The molecule has 0 aromatic heterocycles. The minimum Gasteiger partial charge on any atom is -0.396 e. The third kappa shape index (κ3) is 1.95. The van der Waals surface area contributed by atoms with Gasteiger partial charge in [0.05, 0.1) is 17.8 Å². The van der Waals surface area contributed by atoms with Crippen molar-refractivity contribution < 1.29 is 9.90 Å². The summed E-state index contributed by atoms with van der Waals surface area (Å²) < 4.78 is 0. The lowest BCUT2D eigenvalue weighted by Crippen LogP contribution is -2.31. The second kappa shape index (κ2) is 4.14. The molecule has 0 amide bonds. The van der Waals surface area contributed by atoms with Crippen LogP contribution in [0.2, 0.25) is 0 Å². The Kier molecular flexibility index (Phi) is 2.86. The summed E-state index contributed by atoms with van der Waals surface area (Å²) >= 11 is 0. The SMILES string of the molecule is CC1C=NC=C(N2CC[C@H](CO)C2)C1=O. The van der Waals surface area contributed by atoms with Crippen molar-refractivity contribution in [2.24, 2.45) is 16.8 Å². The number of aliphatic imine (C=N–C) groups is 1. The lowest BCUT2D eigenvalue weighted by Gasteiger charge is -2.23. The zero-order chi connectivity index (χ0) is 10.8. The molecule has 0 bridgehead atoms. The molecule has 0 spiro atoms. The van der Waals surface area contributed by atoms with E-state index in [-0.39, 0.29) is 18.3 Å². The van der Waals surface area contributed by atoms with Crippen molar-refractivity contribution in [3.05, 3.63) is 11.9 Å². The van der Waals surface area contributed by atoms with Gasteiger partial charge in [-0.3, -0.25) is 9.79 Å². The molecule has 0 aromatic rings. The number of hydrogen-bond acceptors (Lipinski definition) is 4. The van der Waals surface area contributed by atoms with Crippen molar-refractivity contribution >= 4 is 12.0 Å². The van der Waals surface area contributed by atoms with E-state index in [2.05, 4.69) is 4.99 Å². The molecule has 2 heterocycles. The van der Waals surface area contributed by atoms with Crippen LogP contribution in [-0.2, 0) is 4.79 Å². The van der Waals surface area contributed by atoms with Gasteiger partial charge in [0.15, 0.2) is 5.78 Å². The molecule has 0 aliphatic carbocycles. The number of likely N-dealkylation sites (tertiary alicyclic amines) is 1. The molecule has 4 heteroatoms. The molecule has 1 fully saturated rings. The first kappa shape index (κ1) is 10.4. The summed E-state index contributed by atoms with van der Waals surface area (Å²) in [5.41, 5.74) is 0.709. The molecule has 2 atom stereocenters. The number of hydrogen-bond donors (Lipinski definition) is 1. The Balaban J connectivity index is 2.08. The van der Waals surface area contributed by atoms with E-state index in [0.717, 1.165) is 19.5 Å². The Hall–Kier alpha value is -1.16. The third-order valence-corrected chi connectivity index (χ3v) is 3.06. The Labute approximate surface area is 89.3 Å². The lowest BCUT2D eigenvalue weighted by atomic mass is 10.0. The van der Waals surface area contributed by atoms with Gasteiger partial charge in [-0.2, -0.15) is 0 Å². The summed E-state index contributed by atoms with van der Waals surface area (Å²) in [7, 11) is 0. The number of aliphatic hydroxyl groups excluding tert-OH is 1. The van der Waals surface area contributed by atoms with Gasteiger partial charge < -0.3 is 10.0 Å². The number of aliphatic hydroxyl groups is 1. The van der Waals surface area contributed by atoms with Gasteiger partial charge in [-0.15, -0.1) is 0 Å². The molecule has 2 aliphatic rings. The Bertz CT molecular complexity index is 323. The Morgan fingerprint density at radius 2 is 2.47 bits per heavy atom. The number of carbonyl (C=O) groups excluding carboxylic acids is 1. The van der Waals surface area contributed by atoms with Crippen molar-refractivity contribution in [2.45, 2.75) is 13.3 Å². The molecule has 4 nitrogen and oxygen atoms in total. The van der Waals surface area contributed by atoms with Crippen LogP contribution in [0.5, 0.6) is 0 Å². The van der Waals surface area contributed by atoms with Crippen LogP contribution in [0.25, 0.3) is 0 Å². The zero-order valence-electron chi connectivity index (χ0n) is 8.89. The standard InChI is InChI=1S/C11H16N2O2/c1-8-4-12-5-10(11(8)15)13-3-2-9(6-13)7-14/h4-5,8-9,14H,2-3,6-7H2,1H3/t8?,9-/m0/s1. The first-order valence-corrected chi connectivity index (χ1v) is 5.36. The van der Waals surface area contributed by atoms with E-state index in [4.69, 9.17) is 5.11 Å². The average molecular weight is 208 g/mol. The minimum absolute atomic E-state index is 0.113. The largest absolute Gasteiger partial charge is 0.396 e. The summed E-state index contributed by atoms with van der Waals surface area (Å²) in [6.45, 7) is 3.69. The Morgan fingerprint density at radius 3 is 3.13 bits per heavy atom. The van der Waals surface area contributed by atoms with Gasteiger partial charge in [-0.05, 0) is 6.42 Å². The fourth-order valence-electron chi connectivity index (χ4n) is 2.05. The summed E-state index contributed by atoms with van der Waals surface area (Å²) in [6.07, 6.45) is 4.27. The molecule has 2 rings (SSSR count). The number of Topliss-reactive ketones (excluding diaryl/α,β-unsaturated/α-hetero) is 1. The molecule has 0 aromatic carbocycles. The van der Waals surface area contributed by atoms with E-state index >= 15 is 0 Å². The highest BCUT2D eigenvalue weighted by atomic mass is 16.3. The highest BCUT2D eigenvalue weighted by Crippen LogP contribution is 2.23. The van der Waals surface area contributed by atoms with Crippen LogP contribution in [0.15, 0.2) is 16.9 Å². The van der Waals surface area contributed by atoms with Crippen LogP contribution in [0.3, 0.4) is 0 Å². The van der Waals surface area contributed by atoms with Crippen LogP contribution in [0.1, 0.15) is 13.3 Å². The molecular formula is C11H16N2O2. The highest BCUT2D eigenvalue weighted by molar-refractivity contribution is 6.06. The van der Waals surface area contributed by atoms with E-state index < -0.39 is 0 Å². The van der Waals surface area contributed by atoms with Crippen LogP contribution in [0.4, 0.5) is 0 Å². The van der Waals surface area contributed by atoms with Crippen molar-refractivity contribution in [3.63, 3.8) is 0 Å². The van der Waals surface area contributed by atoms with Crippen LogP contribution >= 0.6 is 0 Å². The molecular weight excluding hydrogens is 192 g/mol. The van der Waals surface area contributed by atoms with Gasteiger partial charge in [-0.1, -0.05) is 6.92 Å². The van der Waals surface area contributed by atoms with E-state index in [1.165, 1.54) is 0 Å². The van der Waals surface area contributed by atoms with E-state index in [1.807, 2.05) is 11.8 Å². The zero-order valence-corrected chi connectivity index (χ0v) is 8.89. The van der Waals surface area contributed by atoms with Gasteiger partial charge >= 0.3 is 0 Å². The second-order valence-electron chi connectivity index (χ2n) is 4.25. The predicted octanol–water partition coefficient (Wildman–Crippen LogP) is 0.432. The van der Waals surface area contributed by atoms with Crippen LogP contribution in [-0.4, -0.2) is 41.7 Å². The molecule has 0 saturated carbocycles. The molecule has 1 N–H and O–H groups in total. The van der Waals surface area contributed by atoms with Crippen molar-refractivity contribution in [3.8, 4) is 0 Å². The molecule has 2 aliphatic heterocycles. The highest BCUT2D eigenvalue weighted by Gasteiger charge is 2.29. The number of carbonyl (C=O) groups is 1. The van der Waals surface area contributed by atoms with Gasteiger partial charge in [-0.25, -0.2) is 0 Å². The van der Waals surface area contributed by atoms with E-state index in [0.29, 0.717) is 11.6 Å². The monoisotopic (exact) mass is 208 g/mol. The average Bonchev–Trinajstić information content (AvgIpc) is 2.70. The van der Waals surface area contributed by atoms with Gasteiger partial charge in [0.25, 0.3) is 0 Å². The fourth-order valence-corrected chi connectivity index (χ4v) is 2.05. The Morgan fingerprint density at radius 1 is 1.67 bits per heavy atom. The van der Waals surface area contributed by atoms with E-state index in [1.54, 1.807) is 12.4 Å². The van der Waals surface area contributed by atoms with Crippen LogP contribution < -0.4 is 0 Å². The maximum Gasteiger partial charge on any atom is 0.188 e. The molecule has 1 unspecified atom stereocenters. The normalized spacial score (nSPS) is 30.9. The molecule has 82 valence electrons. The number of ketones is 1. The fraction of sp³-hybridized carbons (Fsp3) is 0.636. The molecule has 15 heavy (non-hydrogen) atoms. The van der Waals surface area contributed by atoms with Crippen LogP contribution in [0, 0.1) is 11.8 Å². The third-order valence-electron chi connectivity index (χ3n) is 3.06. The smallest absolute Gasteiger partial charge is 0.188 e. The summed E-state index contributed by atoms with van der Waals surface area (Å²) in [5, 5.41) is 9.04. The van der Waals surface area contributed by atoms with Crippen molar-refractivity contribution in [1.29, 1.82) is 0 Å². The summed E-state index contributed by atoms with van der Waals surface area (Å²) in [4.78, 5) is 18.0. The predicted molar refractivity (Wildman–Crippen MR) is 57.5 cm³/mol.